The molecule has 5 heteroatoms. The summed E-state index contributed by atoms with van der Waals surface area (Å²) in [5.41, 5.74) is 0.846. The van der Waals surface area contributed by atoms with Gasteiger partial charge in [0.15, 0.2) is 17.5 Å². The first-order valence-corrected chi connectivity index (χ1v) is 6.60. The molecule has 2 aromatic rings. The zero-order chi connectivity index (χ0) is 15.4. The van der Waals surface area contributed by atoms with E-state index in [4.69, 9.17) is 4.74 Å². The summed E-state index contributed by atoms with van der Waals surface area (Å²) in [6.07, 6.45) is 0.658. The number of hydrogen-bond donors (Lipinski definition) is 1. The molecule has 1 N–H and O–H groups in total. The molecule has 0 heterocycles. The van der Waals surface area contributed by atoms with E-state index in [0.29, 0.717) is 12.2 Å². The summed E-state index contributed by atoms with van der Waals surface area (Å²) in [6, 6.07) is 9.16. The molecule has 21 heavy (non-hydrogen) atoms. The van der Waals surface area contributed by atoms with Gasteiger partial charge in [0.2, 0.25) is 0 Å². The normalized spacial score (nSPS) is 12.0. The number of nitrogens with one attached hydrogen (secondary N) is 1. The molecular weight excluding hydrogens is 279 g/mol. The van der Waals surface area contributed by atoms with E-state index >= 15 is 0 Å². The second-order valence-electron chi connectivity index (χ2n) is 4.60. The van der Waals surface area contributed by atoms with E-state index in [-0.39, 0.29) is 11.7 Å². The number of halogens is 3. The summed E-state index contributed by atoms with van der Waals surface area (Å²) in [5.74, 6) is -3.16. The van der Waals surface area contributed by atoms with Gasteiger partial charge in [0.25, 0.3) is 0 Å². The van der Waals surface area contributed by atoms with E-state index in [1.54, 1.807) is 19.2 Å². The Morgan fingerprint density at radius 2 is 1.67 bits per heavy atom. The molecule has 2 aromatic carbocycles. The maximum Gasteiger partial charge on any atom is 0.196 e. The molecule has 0 amide bonds. The van der Waals surface area contributed by atoms with Gasteiger partial charge < -0.3 is 10.1 Å². The lowest BCUT2D eigenvalue weighted by molar-refractivity contribution is 0.414. The molecule has 0 aliphatic heterocycles. The Morgan fingerprint density at radius 1 is 1.00 bits per heavy atom. The van der Waals surface area contributed by atoms with Crippen molar-refractivity contribution in [3.8, 4) is 5.75 Å². The Morgan fingerprint density at radius 3 is 2.24 bits per heavy atom. The van der Waals surface area contributed by atoms with Crippen molar-refractivity contribution in [1.29, 1.82) is 0 Å². The van der Waals surface area contributed by atoms with Crippen molar-refractivity contribution in [3.63, 3.8) is 0 Å². The highest BCUT2D eigenvalue weighted by Crippen LogP contribution is 2.27. The summed E-state index contributed by atoms with van der Waals surface area (Å²) in [6.45, 7) is 1.92. The summed E-state index contributed by atoms with van der Waals surface area (Å²) in [5, 5.41) is 2.90. The van der Waals surface area contributed by atoms with Gasteiger partial charge in [-0.1, -0.05) is 19.1 Å². The topological polar surface area (TPSA) is 21.3 Å². The van der Waals surface area contributed by atoms with Crippen LogP contribution in [0.1, 0.15) is 24.9 Å². The Labute approximate surface area is 121 Å². The number of ether oxygens (including phenoxy) is 1. The first-order chi connectivity index (χ1) is 10.1. The fourth-order valence-corrected chi connectivity index (χ4v) is 2.08. The quantitative estimate of drug-likeness (QED) is 0.809. The number of hydrogen-bond acceptors (Lipinski definition) is 2. The summed E-state index contributed by atoms with van der Waals surface area (Å²) in [4.78, 5) is 0. The van der Waals surface area contributed by atoms with E-state index in [1.165, 1.54) is 6.07 Å². The molecule has 0 aliphatic carbocycles. The van der Waals surface area contributed by atoms with Crippen LogP contribution in [0.25, 0.3) is 0 Å². The van der Waals surface area contributed by atoms with Gasteiger partial charge in [-0.05, 0) is 36.2 Å². The van der Waals surface area contributed by atoms with Crippen LogP contribution < -0.4 is 10.1 Å². The molecule has 2 nitrogen and oxygen atoms in total. The fraction of sp³-hybridized carbons (Fsp3) is 0.250. The maximum absolute atomic E-state index is 13.7. The summed E-state index contributed by atoms with van der Waals surface area (Å²) >= 11 is 0. The third-order valence-electron chi connectivity index (χ3n) is 3.29. The van der Waals surface area contributed by atoms with Crippen molar-refractivity contribution in [2.24, 2.45) is 0 Å². The molecule has 0 radical (unpaired) electrons. The van der Waals surface area contributed by atoms with Crippen molar-refractivity contribution in [2.45, 2.75) is 19.4 Å². The Hall–Kier alpha value is -2.17. The fourth-order valence-electron chi connectivity index (χ4n) is 2.08. The second kappa shape index (κ2) is 6.52. The van der Waals surface area contributed by atoms with Crippen LogP contribution in [0, 0.1) is 17.5 Å². The molecule has 112 valence electrons. The lowest BCUT2D eigenvalue weighted by Crippen LogP contribution is -2.11. The Balaban J connectivity index is 2.24. The van der Waals surface area contributed by atoms with E-state index < -0.39 is 17.5 Å². The average Bonchev–Trinajstić information content (AvgIpc) is 2.52. The van der Waals surface area contributed by atoms with Crippen LogP contribution in [0.5, 0.6) is 5.75 Å². The van der Waals surface area contributed by atoms with Gasteiger partial charge in [-0.25, -0.2) is 13.2 Å². The lowest BCUT2D eigenvalue weighted by Gasteiger charge is -2.19. The van der Waals surface area contributed by atoms with Crippen LogP contribution in [-0.4, -0.2) is 7.11 Å². The average molecular weight is 295 g/mol. The minimum atomic E-state index is -1.47. The minimum absolute atomic E-state index is 0.0587. The van der Waals surface area contributed by atoms with Gasteiger partial charge >= 0.3 is 0 Å². The van der Waals surface area contributed by atoms with E-state index in [2.05, 4.69) is 5.32 Å². The zero-order valence-corrected chi connectivity index (χ0v) is 11.8. The van der Waals surface area contributed by atoms with Crippen molar-refractivity contribution >= 4 is 5.69 Å². The molecule has 0 bridgehead atoms. The van der Waals surface area contributed by atoms with Crippen LogP contribution in [0.2, 0.25) is 0 Å². The molecular formula is C16H16F3NO. The number of benzene rings is 2. The smallest absolute Gasteiger partial charge is 0.196 e. The lowest BCUT2D eigenvalue weighted by atomic mass is 10.0. The molecule has 0 saturated carbocycles. The van der Waals surface area contributed by atoms with Gasteiger partial charge in [-0.15, -0.1) is 0 Å². The number of rotatable bonds is 5. The molecule has 0 aliphatic rings. The highest BCUT2D eigenvalue weighted by Gasteiger charge is 2.16. The van der Waals surface area contributed by atoms with Crippen molar-refractivity contribution < 1.29 is 17.9 Å². The van der Waals surface area contributed by atoms with Crippen LogP contribution in [0.15, 0.2) is 36.4 Å². The van der Waals surface area contributed by atoms with Crippen molar-refractivity contribution in [1.82, 2.24) is 0 Å². The molecule has 1 atom stereocenters. The number of methoxy groups -OCH3 is 1. The Kier molecular flexibility index (Phi) is 4.73. The van der Waals surface area contributed by atoms with Crippen molar-refractivity contribution in [2.75, 3.05) is 12.4 Å². The van der Waals surface area contributed by atoms with Crippen LogP contribution in [0.3, 0.4) is 0 Å². The first-order valence-electron chi connectivity index (χ1n) is 6.60. The number of anilines is 1. The third-order valence-corrected chi connectivity index (χ3v) is 3.29. The zero-order valence-electron chi connectivity index (χ0n) is 11.8. The highest BCUT2D eigenvalue weighted by atomic mass is 19.2. The predicted molar refractivity (Wildman–Crippen MR) is 76.0 cm³/mol. The molecule has 2 rings (SSSR count). The molecule has 1 unspecified atom stereocenters. The standard InChI is InChI=1S/C16H16F3NO/c1-3-13(10-4-6-11(21-2)7-5-10)20-14-9-8-12(17)15(18)16(14)19/h4-9,13,20H,3H2,1-2H3. The molecule has 0 saturated heterocycles. The highest BCUT2D eigenvalue weighted by molar-refractivity contribution is 5.48. The largest absolute Gasteiger partial charge is 0.497 e. The monoisotopic (exact) mass is 295 g/mol. The van der Waals surface area contributed by atoms with Gasteiger partial charge in [0, 0.05) is 0 Å². The van der Waals surface area contributed by atoms with E-state index in [1.807, 2.05) is 19.1 Å². The summed E-state index contributed by atoms with van der Waals surface area (Å²) in [7, 11) is 1.57. The maximum atomic E-state index is 13.7. The molecule has 0 aromatic heterocycles. The van der Waals surface area contributed by atoms with E-state index in [9.17, 15) is 13.2 Å². The van der Waals surface area contributed by atoms with Crippen molar-refractivity contribution in [3.05, 3.63) is 59.4 Å². The van der Waals surface area contributed by atoms with Crippen LogP contribution in [0.4, 0.5) is 18.9 Å². The molecule has 0 fully saturated rings. The minimum Gasteiger partial charge on any atom is -0.497 e. The second-order valence-corrected chi connectivity index (χ2v) is 4.60. The Bertz CT molecular complexity index is 614. The van der Waals surface area contributed by atoms with Gasteiger partial charge in [-0.3, -0.25) is 0 Å². The van der Waals surface area contributed by atoms with Crippen LogP contribution in [-0.2, 0) is 0 Å². The molecule has 0 spiro atoms. The third kappa shape index (κ3) is 3.29. The van der Waals surface area contributed by atoms with Gasteiger partial charge in [0.05, 0.1) is 18.8 Å². The predicted octanol–water partition coefficient (Wildman–Crippen LogP) is 4.68. The van der Waals surface area contributed by atoms with Gasteiger partial charge in [0.1, 0.15) is 5.75 Å². The summed E-state index contributed by atoms with van der Waals surface area (Å²) < 4.78 is 44.9. The SMILES string of the molecule is CCC(Nc1ccc(F)c(F)c1F)c1ccc(OC)cc1. The first kappa shape index (κ1) is 15.2. The van der Waals surface area contributed by atoms with Gasteiger partial charge in [-0.2, -0.15) is 0 Å². The van der Waals surface area contributed by atoms with E-state index in [0.717, 1.165) is 11.6 Å². The van der Waals surface area contributed by atoms with Crippen LogP contribution >= 0.6 is 0 Å².